The Hall–Kier alpha value is -2.31. The van der Waals surface area contributed by atoms with Crippen molar-refractivity contribution < 1.29 is 22.6 Å². The number of ketones is 2. The van der Waals surface area contributed by atoms with Gasteiger partial charge in [0.2, 0.25) is 0 Å². The maximum Gasteiger partial charge on any atom is 0.295 e. The van der Waals surface area contributed by atoms with Gasteiger partial charge in [0.25, 0.3) is 10.1 Å². The maximum atomic E-state index is 14.3. The lowest BCUT2D eigenvalue weighted by Gasteiger charge is -2.29. The van der Waals surface area contributed by atoms with Crippen LogP contribution in [0.2, 0.25) is 0 Å². The van der Waals surface area contributed by atoms with E-state index in [0.717, 1.165) is 50.5 Å². The summed E-state index contributed by atoms with van der Waals surface area (Å²) in [7, 11) is -4.61. The minimum absolute atomic E-state index is 0.124. The Balaban J connectivity index is 2.47. The summed E-state index contributed by atoms with van der Waals surface area (Å²) in [5.41, 5.74) is 3.79. The van der Waals surface area contributed by atoms with Crippen LogP contribution in [0.3, 0.4) is 0 Å². The average Bonchev–Trinajstić information content (AvgIpc) is 2.85. The van der Waals surface area contributed by atoms with Crippen LogP contribution in [-0.2, 0) is 35.8 Å². The zero-order valence-corrected chi connectivity index (χ0v) is 23.0. The highest BCUT2D eigenvalue weighted by atomic mass is 32.2. The summed E-state index contributed by atoms with van der Waals surface area (Å²) in [6, 6.07) is 5.42. The third-order valence-electron chi connectivity index (χ3n) is 7.24. The van der Waals surface area contributed by atoms with E-state index < -0.39 is 10.1 Å². The number of rotatable bonds is 13. The van der Waals surface area contributed by atoms with Crippen LogP contribution in [0.15, 0.2) is 23.1 Å². The third kappa shape index (κ3) is 5.50. The largest absolute Gasteiger partial charge is 0.295 e. The molecule has 0 saturated carbocycles. The number of hydrogen-bond acceptors (Lipinski definition) is 4. The van der Waals surface area contributed by atoms with Gasteiger partial charge in [-0.25, -0.2) is 0 Å². The summed E-state index contributed by atoms with van der Waals surface area (Å²) < 4.78 is 36.2. The first kappa shape index (κ1) is 28.3. The van der Waals surface area contributed by atoms with Gasteiger partial charge in [-0.05, 0) is 73.6 Å². The topological polar surface area (TPSA) is 88.5 Å². The fourth-order valence-corrected chi connectivity index (χ4v) is 6.48. The fourth-order valence-electron chi connectivity index (χ4n) is 5.43. The van der Waals surface area contributed by atoms with Gasteiger partial charge < -0.3 is 0 Å². The Morgan fingerprint density at radius 3 is 1.69 bits per heavy atom. The molecule has 196 valence electrons. The van der Waals surface area contributed by atoms with Gasteiger partial charge in [-0.1, -0.05) is 71.6 Å². The van der Waals surface area contributed by atoms with Gasteiger partial charge in [0.15, 0.2) is 11.6 Å². The van der Waals surface area contributed by atoms with Crippen LogP contribution in [0, 0.1) is 0 Å². The van der Waals surface area contributed by atoms with E-state index in [0.29, 0.717) is 65.5 Å². The Morgan fingerprint density at radius 1 is 0.639 bits per heavy atom. The molecule has 3 rings (SSSR count). The molecule has 1 aliphatic carbocycles. The lowest BCUT2D eigenvalue weighted by Crippen LogP contribution is -2.29. The van der Waals surface area contributed by atoms with Crippen molar-refractivity contribution in [2.75, 3.05) is 0 Å². The highest BCUT2D eigenvalue weighted by Crippen LogP contribution is 2.41. The summed E-state index contributed by atoms with van der Waals surface area (Å²) in [6.07, 6.45) is 8.52. The van der Waals surface area contributed by atoms with E-state index in [2.05, 4.69) is 6.92 Å². The first-order valence-corrected chi connectivity index (χ1v) is 15.1. The number of unbranched alkanes of at least 4 members (excludes halogenated alkanes) is 4. The van der Waals surface area contributed by atoms with Gasteiger partial charge in [-0.15, -0.1) is 0 Å². The minimum atomic E-state index is -4.61. The molecule has 2 aromatic rings. The summed E-state index contributed by atoms with van der Waals surface area (Å²) in [5, 5.41) is 0. The molecule has 6 heteroatoms. The molecule has 0 atom stereocenters. The molecule has 0 spiro atoms. The molecule has 0 aliphatic heterocycles. The number of hydrogen-bond donors (Lipinski definition) is 1. The van der Waals surface area contributed by atoms with Crippen molar-refractivity contribution in [1.82, 2.24) is 0 Å². The van der Waals surface area contributed by atoms with E-state index in [9.17, 15) is 22.6 Å². The van der Waals surface area contributed by atoms with Gasteiger partial charge in [-0.2, -0.15) is 8.42 Å². The molecule has 0 aromatic heterocycles. The number of aryl methyl sites for hydroxylation is 1. The Labute approximate surface area is 216 Å². The van der Waals surface area contributed by atoms with Crippen LogP contribution in [0.1, 0.15) is 133 Å². The zero-order chi connectivity index (χ0) is 26.5. The number of benzene rings is 2. The summed E-state index contributed by atoms with van der Waals surface area (Å²) in [5.74, 6) is -0.469. The highest BCUT2D eigenvalue weighted by molar-refractivity contribution is 7.86. The molecule has 0 bridgehead atoms. The van der Waals surface area contributed by atoms with Gasteiger partial charge in [0.05, 0.1) is 0 Å². The second kappa shape index (κ2) is 12.3. The zero-order valence-electron chi connectivity index (χ0n) is 22.2. The fraction of sp³-hybridized carbons (Fsp3) is 0.533. The first-order valence-electron chi connectivity index (χ1n) is 13.6. The molecule has 0 heterocycles. The normalized spacial score (nSPS) is 13.1. The molecule has 0 radical (unpaired) electrons. The monoisotopic (exact) mass is 512 g/mol. The highest BCUT2D eigenvalue weighted by Gasteiger charge is 2.39. The first-order chi connectivity index (χ1) is 17.2. The van der Waals surface area contributed by atoms with Crippen molar-refractivity contribution >= 4 is 21.7 Å². The number of carbonyl (C=O) groups excluding carboxylic acids is 2. The SMILES string of the molecule is CCCCc1cccc2c1C(=O)c1c(CCCC)c(CCCC)c(S(=O)(=O)O)c(CCCC)c1C2=O. The summed E-state index contributed by atoms with van der Waals surface area (Å²) in [6.45, 7) is 8.16. The van der Waals surface area contributed by atoms with Crippen LogP contribution in [-0.4, -0.2) is 24.5 Å². The van der Waals surface area contributed by atoms with Crippen LogP contribution in [0.25, 0.3) is 0 Å². The smallest absolute Gasteiger partial charge is 0.289 e. The molecule has 0 saturated heterocycles. The van der Waals surface area contributed by atoms with Gasteiger partial charge in [0, 0.05) is 22.3 Å². The molecule has 36 heavy (non-hydrogen) atoms. The van der Waals surface area contributed by atoms with Crippen LogP contribution in [0.4, 0.5) is 0 Å². The van der Waals surface area contributed by atoms with Crippen molar-refractivity contribution in [1.29, 1.82) is 0 Å². The average molecular weight is 513 g/mol. The van der Waals surface area contributed by atoms with Gasteiger partial charge >= 0.3 is 0 Å². The summed E-state index contributed by atoms with van der Waals surface area (Å²) in [4.78, 5) is 28.2. The van der Waals surface area contributed by atoms with Crippen molar-refractivity contribution in [3.8, 4) is 0 Å². The molecule has 2 aromatic carbocycles. The van der Waals surface area contributed by atoms with Crippen LogP contribution < -0.4 is 0 Å². The van der Waals surface area contributed by atoms with Crippen LogP contribution >= 0.6 is 0 Å². The molecular weight excluding hydrogens is 472 g/mol. The molecule has 1 aliphatic rings. The second-order valence-electron chi connectivity index (χ2n) is 9.90. The van der Waals surface area contributed by atoms with Crippen molar-refractivity contribution in [2.45, 2.75) is 110 Å². The van der Waals surface area contributed by atoms with E-state index in [1.807, 2.05) is 32.9 Å². The van der Waals surface area contributed by atoms with E-state index in [-0.39, 0.29) is 22.0 Å². The maximum absolute atomic E-state index is 14.3. The van der Waals surface area contributed by atoms with E-state index in [1.54, 1.807) is 6.07 Å². The van der Waals surface area contributed by atoms with Crippen molar-refractivity contribution in [2.24, 2.45) is 0 Å². The lowest BCUT2D eigenvalue weighted by molar-refractivity contribution is 0.0976. The molecular formula is C30H40O5S. The molecule has 1 N–H and O–H groups in total. The molecule has 0 fully saturated rings. The third-order valence-corrected chi connectivity index (χ3v) is 8.25. The standard InChI is InChI=1S/C30H40O5S/c1-5-9-14-20-15-13-19-23-25(20)29(32)26-21(16-10-6-2)22(17-11-7-3)30(36(33,34)35)24(18-12-8-4)27(26)28(23)31/h13,15,19H,5-12,14,16-18H2,1-4H3,(H,33,34,35). The Morgan fingerprint density at radius 2 is 1.14 bits per heavy atom. The summed E-state index contributed by atoms with van der Waals surface area (Å²) >= 11 is 0. The predicted molar refractivity (Wildman–Crippen MR) is 144 cm³/mol. The quantitative estimate of drug-likeness (QED) is 0.247. The molecule has 5 nitrogen and oxygen atoms in total. The predicted octanol–water partition coefficient (Wildman–Crippen LogP) is 7.08. The number of carbonyl (C=O) groups is 2. The van der Waals surface area contributed by atoms with Crippen LogP contribution in [0.5, 0.6) is 0 Å². The Kier molecular flexibility index (Phi) is 9.65. The van der Waals surface area contributed by atoms with E-state index >= 15 is 0 Å². The Bertz CT molecular complexity index is 1240. The second-order valence-corrected chi connectivity index (χ2v) is 11.3. The number of fused-ring (bicyclic) bond motifs is 2. The molecule has 0 amide bonds. The molecule has 0 unspecified atom stereocenters. The van der Waals surface area contributed by atoms with E-state index in [1.165, 1.54) is 0 Å². The van der Waals surface area contributed by atoms with Crippen molar-refractivity contribution in [3.63, 3.8) is 0 Å². The van der Waals surface area contributed by atoms with Gasteiger partial charge in [-0.3, -0.25) is 14.1 Å². The lowest BCUT2D eigenvalue weighted by atomic mass is 9.74. The minimum Gasteiger partial charge on any atom is -0.289 e. The van der Waals surface area contributed by atoms with Crippen molar-refractivity contribution in [3.05, 3.63) is 62.7 Å². The van der Waals surface area contributed by atoms with E-state index in [4.69, 9.17) is 0 Å². The van der Waals surface area contributed by atoms with Gasteiger partial charge in [0.1, 0.15) is 4.90 Å².